The van der Waals surface area contributed by atoms with E-state index in [1.807, 2.05) is 0 Å². The summed E-state index contributed by atoms with van der Waals surface area (Å²) in [6.45, 7) is 0. The standard InChI is InChI=1S/C49H32BNO16/c50-21-11-29(56)41(30(57)12-21)19-7-35(62)46(36(63)8-19)51(47-37(64)9-20(10-38(47)65)42-31(58)13-22(52)14-32(42)59)48-28(55)6-5-27-43(48)25-3-1-2-4-26(25)49(27)44-33(60)15-23(53)17-39(44)66-67-40-18-24(54)16-34(61)45(40)49/h1-18,52-65H. The van der Waals surface area contributed by atoms with Gasteiger partial charge in [0.15, 0.2) is 11.5 Å². The molecule has 0 bridgehead atoms. The van der Waals surface area contributed by atoms with Gasteiger partial charge in [0, 0.05) is 42.0 Å². The van der Waals surface area contributed by atoms with Crippen LogP contribution >= 0.6 is 0 Å². The number of rotatable bonds is 5. The molecule has 0 saturated carbocycles. The summed E-state index contributed by atoms with van der Waals surface area (Å²) < 4.78 is 0. The average molecular weight is 902 g/mol. The Labute approximate surface area is 377 Å². The van der Waals surface area contributed by atoms with Gasteiger partial charge in [-0.05, 0) is 70.3 Å². The molecule has 1 heterocycles. The molecule has 14 N–H and O–H groups in total. The third kappa shape index (κ3) is 5.96. The van der Waals surface area contributed by atoms with E-state index in [9.17, 15) is 71.5 Å². The highest BCUT2D eigenvalue weighted by molar-refractivity contribution is 6.32. The van der Waals surface area contributed by atoms with Gasteiger partial charge in [0.1, 0.15) is 99.7 Å². The van der Waals surface area contributed by atoms with Gasteiger partial charge in [0.05, 0.1) is 33.4 Å². The molecule has 1 aliphatic carbocycles. The van der Waals surface area contributed by atoms with Crippen molar-refractivity contribution >= 4 is 30.4 Å². The predicted molar refractivity (Wildman–Crippen MR) is 239 cm³/mol. The average Bonchev–Trinajstić information content (AvgIpc) is 3.41. The molecule has 1 aliphatic heterocycles. The Kier molecular flexibility index (Phi) is 8.95. The SMILES string of the molecule is [B]c1cc(O)c(-c2cc(O)c(N(c3c(O)cc(-c4c(O)cc(O)cc4O)cc3O)c3c(O)ccc4c3-c3ccccc3C43c4c(O)cc(O)cc4OOc4cc(O)cc(O)c43)c(O)c2)c(O)c1. The number of phenols is 14. The highest BCUT2D eigenvalue weighted by Gasteiger charge is 2.55. The molecule has 0 saturated heterocycles. The van der Waals surface area contributed by atoms with Crippen LogP contribution in [-0.2, 0) is 5.41 Å². The monoisotopic (exact) mass is 901 g/mol. The van der Waals surface area contributed by atoms with Crippen molar-refractivity contribution in [3.63, 3.8) is 0 Å². The van der Waals surface area contributed by atoms with Crippen LogP contribution in [0, 0.1) is 0 Å². The first kappa shape index (κ1) is 41.4. The molecule has 0 unspecified atom stereocenters. The molecule has 10 rings (SSSR count). The van der Waals surface area contributed by atoms with Crippen LogP contribution in [0.5, 0.6) is 92.0 Å². The molecule has 17 nitrogen and oxygen atoms in total. The second-order valence-electron chi connectivity index (χ2n) is 15.8. The van der Waals surface area contributed by atoms with Crippen molar-refractivity contribution in [3.05, 3.63) is 131 Å². The molecule has 8 aromatic rings. The molecule has 18 heteroatoms. The lowest BCUT2D eigenvalue weighted by molar-refractivity contribution is -0.0996. The zero-order chi connectivity index (χ0) is 47.5. The molecule has 2 radical (unpaired) electrons. The molecular formula is C49H32BNO16. The maximum absolute atomic E-state index is 12.3. The summed E-state index contributed by atoms with van der Waals surface area (Å²) in [4.78, 5) is 12.2. The number of hydrogen-bond acceptors (Lipinski definition) is 17. The third-order valence-corrected chi connectivity index (χ3v) is 11.9. The van der Waals surface area contributed by atoms with Crippen LogP contribution in [0.25, 0.3) is 33.4 Å². The van der Waals surface area contributed by atoms with E-state index in [0.29, 0.717) is 0 Å². The molecule has 0 atom stereocenters. The van der Waals surface area contributed by atoms with E-state index in [0.717, 1.165) is 83.8 Å². The Morgan fingerprint density at radius 1 is 0.373 bits per heavy atom. The Bertz CT molecular complexity index is 3200. The topological polar surface area (TPSA) is 305 Å². The lowest BCUT2D eigenvalue weighted by Crippen LogP contribution is -2.29. The molecular weight excluding hydrogens is 869 g/mol. The summed E-state index contributed by atoms with van der Waals surface area (Å²) in [5.41, 5.74) is -4.39. The molecule has 8 aromatic carbocycles. The number of aromatic hydroxyl groups is 14. The Balaban J connectivity index is 1.35. The van der Waals surface area contributed by atoms with E-state index in [4.69, 9.17) is 17.6 Å². The molecule has 0 amide bonds. The van der Waals surface area contributed by atoms with Crippen molar-refractivity contribution in [1.29, 1.82) is 0 Å². The number of phenolic OH excluding ortho intramolecular Hbond substituents is 14. The number of nitrogens with zero attached hydrogens (tertiary/aromatic N) is 1. The van der Waals surface area contributed by atoms with Gasteiger partial charge in [-0.3, -0.25) is 14.7 Å². The quantitative estimate of drug-likeness (QED) is 0.0599. The number of hydrogen-bond donors (Lipinski definition) is 14. The van der Waals surface area contributed by atoms with Crippen molar-refractivity contribution < 1.29 is 81.3 Å². The smallest absolute Gasteiger partial charge is 0.190 e. The van der Waals surface area contributed by atoms with Gasteiger partial charge in [-0.25, -0.2) is 0 Å². The second-order valence-corrected chi connectivity index (χ2v) is 15.8. The molecule has 67 heavy (non-hydrogen) atoms. The first-order valence-corrected chi connectivity index (χ1v) is 19.8. The van der Waals surface area contributed by atoms with Gasteiger partial charge in [-0.1, -0.05) is 35.8 Å². The molecule has 0 aromatic heterocycles. The number of benzene rings is 8. The van der Waals surface area contributed by atoms with Gasteiger partial charge in [0.2, 0.25) is 0 Å². The lowest BCUT2D eigenvalue weighted by atomic mass is 9.66. The Hall–Kier alpha value is -9.58. The first-order valence-electron chi connectivity index (χ1n) is 19.8. The van der Waals surface area contributed by atoms with Gasteiger partial charge in [0.25, 0.3) is 0 Å². The normalized spacial score (nSPS) is 12.8. The van der Waals surface area contributed by atoms with Gasteiger partial charge in [-0.15, -0.1) is 0 Å². The van der Waals surface area contributed by atoms with Crippen LogP contribution in [0.1, 0.15) is 22.3 Å². The fourth-order valence-corrected chi connectivity index (χ4v) is 9.49. The van der Waals surface area contributed by atoms with Crippen LogP contribution in [0.3, 0.4) is 0 Å². The highest BCUT2D eigenvalue weighted by atomic mass is 17.2. The number of fused-ring (bicyclic) bond motifs is 9. The van der Waals surface area contributed by atoms with Gasteiger partial charge < -0.3 is 71.5 Å². The fourth-order valence-electron chi connectivity index (χ4n) is 9.49. The van der Waals surface area contributed by atoms with Crippen molar-refractivity contribution in [3.8, 4) is 125 Å². The summed E-state index contributed by atoms with van der Waals surface area (Å²) in [5, 5.41) is 159. The van der Waals surface area contributed by atoms with Gasteiger partial charge >= 0.3 is 0 Å². The van der Waals surface area contributed by atoms with Crippen molar-refractivity contribution in [2.45, 2.75) is 5.41 Å². The summed E-state index contributed by atoms with van der Waals surface area (Å²) in [5.74, 6) is -9.65. The highest BCUT2D eigenvalue weighted by Crippen LogP contribution is 2.68. The van der Waals surface area contributed by atoms with E-state index in [1.54, 1.807) is 24.3 Å². The van der Waals surface area contributed by atoms with Crippen molar-refractivity contribution in [2.75, 3.05) is 4.90 Å². The maximum Gasteiger partial charge on any atom is 0.190 e. The molecule has 0 fully saturated rings. The molecule has 1 spiro atoms. The fraction of sp³-hybridized carbons (Fsp3) is 0.0204. The summed E-state index contributed by atoms with van der Waals surface area (Å²) in [6, 6.07) is 21.3. The van der Waals surface area contributed by atoms with Crippen molar-refractivity contribution in [1.82, 2.24) is 0 Å². The van der Waals surface area contributed by atoms with E-state index in [-0.39, 0.29) is 72.6 Å². The molecule has 332 valence electrons. The predicted octanol–water partition coefficient (Wildman–Crippen LogP) is 7.21. The minimum absolute atomic E-state index is 0.0113. The summed E-state index contributed by atoms with van der Waals surface area (Å²) >= 11 is 0. The zero-order valence-corrected chi connectivity index (χ0v) is 34.0. The van der Waals surface area contributed by atoms with Crippen LogP contribution in [0.2, 0.25) is 0 Å². The largest absolute Gasteiger partial charge is 0.508 e. The van der Waals surface area contributed by atoms with E-state index >= 15 is 0 Å². The van der Waals surface area contributed by atoms with Crippen molar-refractivity contribution in [2.24, 2.45) is 0 Å². The minimum Gasteiger partial charge on any atom is -0.508 e. The first-order chi connectivity index (χ1) is 31.9. The van der Waals surface area contributed by atoms with E-state index in [2.05, 4.69) is 0 Å². The zero-order valence-electron chi connectivity index (χ0n) is 34.0. The lowest BCUT2D eigenvalue weighted by Gasteiger charge is -2.34. The van der Waals surface area contributed by atoms with Gasteiger partial charge in [-0.2, -0.15) is 0 Å². The van der Waals surface area contributed by atoms with Crippen LogP contribution in [0.15, 0.2) is 109 Å². The Morgan fingerprint density at radius 2 is 0.791 bits per heavy atom. The number of anilines is 3. The summed E-state index contributed by atoms with van der Waals surface area (Å²) in [6.07, 6.45) is 0. The summed E-state index contributed by atoms with van der Waals surface area (Å²) in [7, 11) is 5.79. The maximum atomic E-state index is 12.3. The molecule has 2 aliphatic rings. The van der Waals surface area contributed by atoms with E-state index in [1.165, 1.54) is 6.07 Å². The Morgan fingerprint density at radius 3 is 1.27 bits per heavy atom. The third-order valence-electron chi connectivity index (χ3n) is 11.9. The second kappa shape index (κ2) is 14.5. The van der Waals surface area contributed by atoms with E-state index < -0.39 is 103 Å². The van der Waals surface area contributed by atoms with Crippen LogP contribution < -0.4 is 20.1 Å². The van der Waals surface area contributed by atoms with Crippen LogP contribution in [0.4, 0.5) is 17.1 Å². The van der Waals surface area contributed by atoms with Crippen LogP contribution in [-0.4, -0.2) is 79.3 Å². The minimum atomic E-state index is -1.98.